The molecule has 28 heavy (non-hydrogen) atoms. The molecule has 0 atom stereocenters. The van der Waals surface area contributed by atoms with Crippen LogP contribution in [0.2, 0.25) is 0 Å². The van der Waals surface area contributed by atoms with Crippen molar-refractivity contribution in [1.82, 2.24) is 0 Å². The minimum Gasteiger partial charge on any atom is -0.496 e. The topological polar surface area (TPSA) is 38.4 Å². The number of piperazine rings is 1. The second kappa shape index (κ2) is 8.33. The molecule has 0 bridgehead atoms. The van der Waals surface area contributed by atoms with E-state index in [2.05, 4.69) is 43.3 Å². The smallest absolute Gasteiger partial charge is 0.282 e. The van der Waals surface area contributed by atoms with E-state index in [1.807, 2.05) is 11.0 Å². The lowest BCUT2D eigenvalue weighted by Gasteiger charge is -2.30. The third-order valence-corrected chi connectivity index (χ3v) is 6.13. The van der Waals surface area contributed by atoms with Gasteiger partial charge in [0.25, 0.3) is 5.91 Å². The van der Waals surface area contributed by atoms with Gasteiger partial charge in [0.05, 0.1) is 7.11 Å². The maximum atomic E-state index is 12.9. The summed E-state index contributed by atoms with van der Waals surface area (Å²) in [5, 5.41) is 0. The van der Waals surface area contributed by atoms with Crippen molar-refractivity contribution < 1.29 is 19.3 Å². The number of ether oxygens (including phenoxy) is 1. The highest BCUT2D eigenvalue weighted by atomic mass is 16.5. The summed E-state index contributed by atoms with van der Waals surface area (Å²) >= 11 is 0. The Morgan fingerprint density at radius 2 is 1.82 bits per heavy atom. The number of benzene rings is 2. The number of amides is 1. The average molecular weight is 382 g/mol. The third-order valence-electron chi connectivity index (χ3n) is 6.13. The highest BCUT2D eigenvalue weighted by molar-refractivity contribution is 5.96. The van der Waals surface area contributed by atoms with Crippen LogP contribution in [0.15, 0.2) is 42.5 Å². The molecule has 2 aliphatic heterocycles. The largest absolute Gasteiger partial charge is 0.496 e. The number of hydrogen-bond acceptors (Lipinski definition) is 2. The number of anilines is 1. The number of rotatable bonds is 5. The number of methoxy groups -OCH3 is 1. The minimum absolute atomic E-state index is 0.267. The molecule has 0 spiro atoms. The quantitative estimate of drug-likeness (QED) is 0.758. The fourth-order valence-electron chi connectivity index (χ4n) is 4.53. The van der Waals surface area contributed by atoms with Gasteiger partial charge < -0.3 is 19.4 Å². The number of carbonyl (C=O) groups excluding carboxylic acids is 1. The fraction of sp³-hybridized carbons (Fsp3) is 0.435. The third kappa shape index (κ3) is 4.05. The van der Waals surface area contributed by atoms with Crippen molar-refractivity contribution in [2.24, 2.45) is 0 Å². The number of hydrogen-bond donors (Lipinski definition) is 2. The first-order valence-electron chi connectivity index (χ1n) is 10.3. The first-order chi connectivity index (χ1) is 13.6. The molecule has 2 aliphatic rings. The van der Waals surface area contributed by atoms with Gasteiger partial charge in [-0.2, -0.15) is 0 Å². The van der Waals surface area contributed by atoms with Gasteiger partial charge in [-0.05, 0) is 37.1 Å². The summed E-state index contributed by atoms with van der Waals surface area (Å²) < 4.78 is 5.53. The first kappa shape index (κ1) is 19.0. The van der Waals surface area contributed by atoms with Crippen LogP contribution in [-0.4, -0.2) is 52.3 Å². The summed E-state index contributed by atoms with van der Waals surface area (Å²) in [6.07, 6.45) is 0.980. The van der Waals surface area contributed by atoms with Crippen LogP contribution in [0.4, 0.5) is 5.69 Å². The zero-order valence-corrected chi connectivity index (χ0v) is 17.0. The highest BCUT2D eigenvalue weighted by Gasteiger charge is 2.30. The Hall–Kier alpha value is -2.37. The second-order valence-corrected chi connectivity index (χ2v) is 8.09. The summed E-state index contributed by atoms with van der Waals surface area (Å²) in [7, 11) is 1.74. The fourth-order valence-corrected chi connectivity index (χ4v) is 4.53. The predicted octanol–water partition coefficient (Wildman–Crippen LogP) is -0.124. The maximum Gasteiger partial charge on any atom is 0.282 e. The van der Waals surface area contributed by atoms with Crippen LogP contribution in [0.3, 0.4) is 0 Å². The summed E-state index contributed by atoms with van der Waals surface area (Å²) in [6.45, 7) is 8.83. The molecule has 148 valence electrons. The van der Waals surface area contributed by atoms with Crippen molar-refractivity contribution in [3.63, 3.8) is 0 Å². The van der Waals surface area contributed by atoms with E-state index in [0.29, 0.717) is 6.54 Å². The number of aryl methyl sites for hydroxylation is 1. The molecule has 0 radical (unpaired) electrons. The molecule has 0 unspecified atom stereocenters. The maximum absolute atomic E-state index is 12.9. The van der Waals surface area contributed by atoms with Crippen LogP contribution in [0.25, 0.3) is 0 Å². The molecule has 1 amide bonds. The van der Waals surface area contributed by atoms with Crippen molar-refractivity contribution in [2.75, 3.05) is 51.3 Å². The van der Waals surface area contributed by atoms with Gasteiger partial charge in [0.1, 0.15) is 38.5 Å². The van der Waals surface area contributed by atoms with Gasteiger partial charge in [-0.3, -0.25) is 4.79 Å². The summed E-state index contributed by atoms with van der Waals surface area (Å²) in [6, 6.07) is 14.7. The molecule has 5 heteroatoms. The monoisotopic (exact) mass is 381 g/mol. The van der Waals surface area contributed by atoms with Crippen LogP contribution in [-0.2, 0) is 17.8 Å². The lowest BCUT2D eigenvalue weighted by atomic mass is 10.1. The van der Waals surface area contributed by atoms with Gasteiger partial charge in [0, 0.05) is 17.8 Å². The summed E-state index contributed by atoms with van der Waals surface area (Å²) in [5.41, 5.74) is 4.97. The second-order valence-electron chi connectivity index (χ2n) is 8.09. The molecule has 2 aromatic rings. The Balaban J connectivity index is 1.30. The van der Waals surface area contributed by atoms with E-state index in [1.165, 1.54) is 21.6 Å². The van der Waals surface area contributed by atoms with Crippen LogP contribution in [0.5, 0.6) is 5.75 Å². The molecule has 1 saturated heterocycles. The standard InChI is InChI=1S/C23H29N3O2/c1-18-7-8-22(28-2)20(15-18)16-24-11-13-25(14-12-24)17-23(27)26-10-9-19-5-3-4-6-21(19)26/h3-8,15H,9-14,16-17H2,1-2H3/p+2. The van der Waals surface area contributed by atoms with E-state index in [1.54, 1.807) is 12.0 Å². The van der Waals surface area contributed by atoms with E-state index in [0.717, 1.165) is 57.1 Å². The number of nitrogens with one attached hydrogen (secondary N) is 2. The highest BCUT2D eigenvalue weighted by Crippen LogP contribution is 2.27. The Morgan fingerprint density at radius 3 is 2.61 bits per heavy atom. The van der Waals surface area contributed by atoms with E-state index in [4.69, 9.17) is 4.74 Å². The molecule has 5 nitrogen and oxygen atoms in total. The first-order valence-corrected chi connectivity index (χ1v) is 10.3. The normalized spacial score (nSPS) is 21.4. The predicted molar refractivity (Wildman–Crippen MR) is 110 cm³/mol. The van der Waals surface area contributed by atoms with Gasteiger partial charge in [0.2, 0.25) is 0 Å². The molecular formula is C23H31N3O2+2. The van der Waals surface area contributed by atoms with Gasteiger partial charge >= 0.3 is 0 Å². The number of fused-ring (bicyclic) bond motifs is 1. The van der Waals surface area contributed by atoms with E-state index < -0.39 is 0 Å². The van der Waals surface area contributed by atoms with E-state index in [-0.39, 0.29) is 5.91 Å². The number of nitrogens with zero attached hydrogens (tertiary/aromatic N) is 1. The Labute approximate surface area is 167 Å². The molecule has 4 rings (SSSR count). The van der Waals surface area contributed by atoms with E-state index in [9.17, 15) is 4.79 Å². The number of para-hydroxylation sites is 1. The van der Waals surface area contributed by atoms with Crippen LogP contribution in [0.1, 0.15) is 16.7 Å². The summed E-state index contributed by atoms with van der Waals surface area (Å²) in [4.78, 5) is 17.8. The molecule has 2 aromatic carbocycles. The molecule has 1 fully saturated rings. The zero-order valence-electron chi connectivity index (χ0n) is 17.0. The van der Waals surface area contributed by atoms with Gasteiger partial charge in [-0.25, -0.2) is 0 Å². The minimum atomic E-state index is 0.267. The average Bonchev–Trinajstić information content (AvgIpc) is 3.14. The Morgan fingerprint density at radius 1 is 1.07 bits per heavy atom. The van der Waals surface area contributed by atoms with Crippen molar-refractivity contribution in [3.05, 3.63) is 59.2 Å². The number of carbonyl (C=O) groups is 1. The van der Waals surface area contributed by atoms with Crippen molar-refractivity contribution >= 4 is 11.6 Å². The van der Waals surface area contributed by atoms with Gasteiger partial charge in [-0.1, -0.05) is 29.8 Å². The summed E-state index contributed by atoms with van der Waals surface area (Å²) in [5.74, 6) is 1.25. The molecule has 0 aromatic heterocycles. The lowest BCUT2D eigenvalue weighted by Crippen LogP contribution is -3.28. The van der Waals surface area contributed by atoms with Crippen LogP contribution in [0, 0.1) is 6.92 Å². The van der Waals surface area contributed by atoms with Crippen molar-refractivity contribution in [2.45, 2.75) is 19.9 Å². The molecule has 0 aliphatic carbocycles. The Kier molecular flexibility index (Phi) is 5.64. The lowest BCUT2D eigenvalue weighted by molar-refractivity contribution is -1.02. The number of quaternary nitrogens is 2. The molecule has 2 N–H and O–H groups in total. The van der Waals surface area contributed by atoms with Crippen molar-refractivity contribution in [3.8, 4) is 5.75 Å². The molecule has 2 heterocycles. The Bertz CT molecular complexity index is 843. The SMILES string of the molecule is COc1ccc(C)cc1C[NH+]1CC[NH+](CC(=O)N2CCc3ccccc32)CC1. The van der Waals surface area contributed by atoms with Gasteiger partial charge in [0.15, 0.2) is 6.54 Å². The van der Waals surface area contributed by atoms with Crippen LogP contribution < -0.4 is 19.4 Å². The van der Waals surface area contributed by atoms with E-state index >= 15 is 0 Å². The molecular weight excluding hydrogens is 350 g/mol. The van der Waals surface area contributed by atoms with Crippen molar-refractivity contribution in [1.29, 1.82) is 0 Å². The zero-order chi connectivity index (χ0) is 19.5. The molecule has 0 saturated carbocycles. The van der Waals surface area contributed by atoms with Gasteiger partial charge in [-0.15, -0.1) is 0 Å². The van der Waals surface area contributed by atoms with Crippen LogP contribution >= 0.6 is 0 Å².